The van der Waals surface area contributed by atoms with E-state index in [1.165, 1.54) is 37.2 Å². The largest absolute Gasteiger partial charge is 0.492 e. The molecule has 2 fully saturated rings. The average molecular weight is 395 g/mol. The summed E-state index contributed by atoms with van der Waals surface area (Å²) in [5.74, 6) is 1.87. The number of piperazine rings is 1. The molecule has 1 aromatic carbocycles. The molecule has 1 aromatic heterocycles. The standard InChI is InChI=1S/C24H34N4O/c1-21-6-5-11-26(19-21)16-17-29-24-9-3-2-7-22(24)20-27-12-14-28(15-13-27)23-8-4-10-25-18-23/h2-4,7-10,18,21H,5-6,11-17,19-20H2,1H3/t21-/m0/s1. The molecule has 29 heavy (non-hydrogen) atoms. The molecule has 2 saturated heterocycles. The maximum atomic E-state index is 6.22. The molecule has 0 N–H and O–H groups in total. The first-order valence-corrected chi connectivity index (χ1v) is 11.1. The van der Waals surface area contributed by atoms with Crippen molar-refractivity contribution in [1.82, 2.24) is 14.8 Å². The Labute approximate surface area is 175 Å². The maximum absolute atomic E-state index is 6.22. The fourth-order valence-corrected chi connectivity index (χ4v) is 4.50. The number of pyridine rings is 1. The molecule has 5 nitrogen and oxygen atoms in total. The normalized spacial score (nSPS) is 21.3. The summed E-state index contributed by atoms with van der Waals surface area (Å²) in [6, 6.07) is 12.7. The lowest BCUT2D eigenvalue weighted by Crippen LogP contribution is -2.46. The van der Waals surface area contributed by atoms with Crippen molar-refractivity contribution in [2.24, 2.45) is 5.92 Å². The van der Waals surface area contributed by atoms with E-state index >= 15 is 0 Å². The Kier molecular flexibility index (Phi) is 7.01. The van der Waals surface area contributed by atoms with Crippen molar-refractivity contribution >= 4 is 5.69 Å². The molecule has 2 aliphatic rings. The van der Waals surface area contributed by atoms with E-state index < -0.39 is 0 Å². The number of piperidine rings is 1. The fraction of sp³-hybridized carbons (Fsp3) is 0.542. The van der Waals surface area contributed by atoms with E-state index in [0.717, 1.165) is 57.5 Å². The van der Waals surface area contributed by atoms with Gasteiger partial charge in [0.2, 0.25) is 0 Å². The van der Waals surface area contributed by atoms with Crippen LogP contribution in [0.1, 0.15) is 25.3 Å². The minimum atomic E-state index is 0.776. The van der Waals surface area contributed by atoms with Gasteiger partial charge in [0.15, 0.2) is 0 Å². The molecule has 156 valence electrons. The lowest BCUT2D eigenvalue weighted by atomic mass is 10.0. The number of hydrogen-bond donors (Lipinski definition) is 0. The summed E-state index contributed by atoms with van der Waals surface area (Å²) in [7, 11) is 0. The van der Waals surface area contributed by atoms with Gasteiger partial charge in [0, 0.05) is 57.6 Å². The number of ether oxygens (including phenoxy) is 1. The number of aromatic nitrogens is 1. The van der Waals surface area contributed by atoms with Crippen LogP contribution >= 0.6 is 0 Å². The van der Waals surface area contributed by atoms with Gasteiger partial charge in [-0.05, 0) is 43.5 Å². The van der Waals surface area contributed by atoms with Crippen LogP contribution in [0.2, 0.25) is 0 Å². The molecule has 1 atom stereocenters. The van der Waals surface area contributed by atoms with Crippen LogP contribution in [0.15, 0.2) is 48.8 Å². The monoisotopic (exact) mass is 394 g/mol. The van der Waals surface area contributed by atoms with Crippen molar-refractivity contribution in [3.8, 4) is 5.75 Å². The summed E-state index contributed by atoms with van der Waals surface area (Å²) in [5.41, 5.74) is 2.53. The van der Waals surface area contributed by atoms with Gasteiger partial charge in [0.1, 0.15) is 12.4 Å². The van der Waals surface area contributed by atoms with E-state index in [4.69, 9.17) is 4.74 Å². The molecule has 0 spiro atoms. The number of anilines is 1. The number of likely N-dealkylation sites (tertiary alicyclic amines) is 1. The zero-order chi connectivity index (χ0) is 19.9. The molecule has 4 rings (SSSR count). The lowest BCUT2D eigenvalue weighted by Gasteiger charge is -2.36. The molecule has 3 heterocycles. The van der Waals surface area contributed by atoms with Gasteiger partial charge in [-0.1, -0.05) is 25.1 Å². The highest BCUT2D eigenvalue weighted by Crippen LogP contribution is 2.22. The number of benzene rings is 1. The summed E-state index contributed by atoms with van der Waals surface area (Å²) >= 11 is 0. The van der Waals surface area contributed by atoms with Crippen molar-refractivity contribution in [2.45, 2.75) is 26.3 Å². The Hall–Kier alpha value is -2.11. The number of hydrogen-bond acceptors (Lipinski definition) is 5. The van der Waals surface area contributed by atoms with Gasteiger partial charge in [0.05, 0.1) is 11.9 Å². The van der Waals surface area contributed by atoms with E-state index in [-0.39, 0.29) is 0 Å². The topological polar surface area (TPSA) is 31.8 Å². The Balaban J connectivity index is 1.26. The average Bonchev–Trinajstić information content (AvgIpc) is 2.76. The van der Waals surface area contributed by atoms with Crippen molar-refractivity contribution in [1.29, 1.82) is 0 Å². The van der Waals surface area contributed by atoms with Crippen LogP contribution in [-0.4, -0.2) is 67.2 Å². The SMILES string of the molecule is C[C@H]1CCCN(CCOc2ccccc2CN2CCN(c3cccnc3)CC2)C1. The molecule has 0 radical (unpaired) electrons. The first-order valence-electron chi connectivity index (χ1n) is 11.1. The van der Waals surface area contributed by atoms with Gasteiger partial charge < -0.3 is 9.64 Å². The van der Waals surface area contributed by atoms with E-state index in [1.54, 1.807) is 0 Å². The van der Waals surface area contributed by atoms with Crippen LogP contribution in [0.3, 0.4) is 0 Å². The second-order valence-electron chi connectivity index (χ2n) is 8.48. The summed E-state index contributed by atoms with van der Waals surface area (Å²) in [4.78, 5) is 11.8. The van der Waals surface area contributed by atoms with Crippen molar-refractivity contribution in [3.05, 3.63) is 54.4 Å². The Bertz CT molecular complexity index is 746. The summed E-state index contributed by atoms with van der Waals surface area (Å²) < 4.78 is 6.22. The second kappa shape index (κ2) is 10.1. The fourth-order valence-electron chi connectivity index (χ4n) is 4.50. The third-order valence-corrected chi connectivity index (χ3v) is 6.16. The molecule has 0 unspecified atom stereocenters. The van der Waals surface area contributed by atoms with Crippen LogP contribution < -0.4 is 9.64 Å². The third kappa shape index (κ3) is 5.71. The Morgan fingerprint density at radius 2 is 1.86 bits per heavy atom. The quantitative estimate of drug-likeness (QED) is 0.717. The van der Waals surface area contributed by atoms with Gasteiger partial charge in [-0.3, -0.25) is 14.8 Å². The predicted octanol–water partition coefficient (Wildman–Crippen LogP) is 3.51. The van der Waals surface area contributed by atoms with E-state index in [0.29, 0.717) is 0 Å². The van der Waals surface area contributed by atoms with Gasteiger partial charge in [-0.15, -0.1) is 0 Å². The first kappa shape index (κ1) is 20.2. The van der Waals surface area contributed by atoms with Crippen LogP contribution in [0.4, 0.5) is 5.69 Å². The minimum absolute atomic E-state index is 0.776. The highest BCUT2D eigenvalue weighted by molar-refractivity contribution is 5.44. The van der Waals surface area contributed by atoms with E-state index in [1.807, 2.05) is 18.5 Å². The molecular weight excluding hydrogens is 360 g/mol. The zero-order valence-corrected chi connectivity index (χ0v) is 17.7. The molecular formula is C24H34N4O. The lowest BCUT2D eigenvalue weighted by molar-refractivity contribution is 0.152. The molecule has 2 aliphatic heterocycles. The summed E-state index contributed by atoms with van der Waals surface area (Å²) in [5, 5.41) is 0. The molecule has 5 heteroatoms. The zero-order valence-electron chi connectivity index (χ0n) is 17.7. The molecule has 0 bridgehead atoms. The van der Waals surface area contributed by atoms with Crippen molar-refractivity contribution in [2.75, 3.05) is 57.3 Å². The molecule has 0 aliphatic carbocycles. The summed E-state index contributed by atoms with van der Waals surface area (Å²) in [6.45, 7) is 11.8. The van der Waals surface area contributed by atoms with Gasteiger partial charge in [-0.25, -0.2) is 0 Å². The molecule has 2 aromatic rings. The Morgan fingerprint density at radius 3 is 2.66 bits per heavy atom. The van der Waals surface area contributed by atoms with E-state index in [2.05, 4.69) is 56.9 Å². The first-order chi connectivity index (χ1) is 14.3. The number of nitrogens with zero attached hydrogens (tertiary/aromatic N) is 4. The van der Waals surface area contributed by atoms with Crippen molar-refractivity contribution in [3.63, 3.8) is 0 Å². The second-order valence-corrected chi connectivity index (χ2v) is 8.48. The predicted molar refractivity (Wildman–Crippen MR) is 119 cm³/mol. The summed E-state index contributed by atoms with van der Waals surface area (Å²) in [6.07, 6.45) is 6.49. The number of rotatable bonds is 7. The van der Waals surface area contributed by atoms with Crippen LogP contribution in [-0.2, 0) is 6.54 Å². The van der Waals surface area contributed by atoms with Gasteiger partial charge >= 0.3 is 0 Å². The smallest absolute Gasteiger partial charge is 0.123 e. The Morgan fingerprint density at radius 1 is 1.00 bits per heavy atom. The molecule has 0 saturated carbocycles. The highest BCUT2D eigenvalue weighted by atomic mass is 16.5. The minimum Gasteiger partial charge on any atom is -0.492 e. The van der Waals surface area contributed by atoms with Gasteiger partial charge in [-0.2, -0.15) is 0 Å². The highest BCUT2D eigenvalue weighted by Gasteiger charge is 2.19. The number of para-hydroxylation sites is 1. The van der Waals surface area contributed by atoms with Crippen LogP contribution in [0.25, 0.3) is 0 Å². The van der Waals surface area contributed by atoms with Crippen molar-refractivity contribution < 1.29 is 4.74 Å². The third-order valence-electron chi connectivity index (χ3n) is 6.16. The van der Waals surface area contributed by atoms with E-state index in [9.17, 15) is 0 Å². The maximum Gasteiger partial charge on any atom is 0.123 e. The van der Waals surface area contributed by atoms with Gasteiger partial charge in [0.25, 0.3) is 0 Å². The van der Waals surface area contributed by atoms with Crippen LogP contribution in [0.5, 0.6) is 5.75 Å². The molecule has 0 amide bonds. The van der Waals surface area contributed by atoms with Crippen LogP contribution in [0, 0.1) is 5.92 Å².